The highest BCUT2D eigenvalue weighted by atomic mass is 16.2. The van der Waals surface area contributed by atoms with Crippen LogP contribution in [0.4, 0.5) is 0 Å². The summed E-state index contributed by atoms with van der Waals surface area (Å²) >= 11 is 0. The van der Waals surface area contributed by atoms with Crippen LogP contribution >= 0.6 is 0 Å². The molecular weight excluding hydrogens is 312 g/mol. The summed E-state index contributed by atoms with van der Waals surface area (Å²) in [4.78, 5) is 14.1. The second-order valence-corrected chi connectivity index (χ2v) is 6.99. The second kappa shape index (κ2) is 7.28. The molecule has 1 aromatic carbocycles. The molecule has 1 amide bonds. The summed E-state index contributed by atoms with van der Waals surface area (Å²) in [5, 5.41) is 13.7. The number of aromatic nitrogens is 1. The number of carbonyl (C=O) groups excluding carboxylic acids is 1. The van der Waals surface area contributed by atoms with E-state index in [2.05, 4.69) is 61.0 Å². The van der Waals surface area contributed by atoms with E-state index < -0.39 is 0 Å². The van der Waals surface area contributed by atoms with Gasteiger partial charge < -0.3 is 14.8 Å². The molecule has 2 heterocycles. The number of para-hydroxylation sites is 1. The number of hydrogen-bond acceptors (Lipinski definition) is 3. The third kappa shape index (κ3) is 3.40. The van der Waals surface area contributed by atoms with E-state index in [9.17, 15) is 4.79 Å². The van der Waals surface area contributed by atoms with Gasteiger partial charge in [-0.05, 0) is 45.2 Å². The largest absolute Gasteiger partial charge is 0.343 e. The molecule has 0 radical (unpaired) electrons. The molecule has 2 atom stereocenters. The number of rotatable bonds is 5. The first-order valence-corrected chi connectivity index (χ1v) is 8.99. The number of fused-ring (bicyclic) bond motifs is 1. The number of likely N-dealkylation sites (tertiary alicyclic amines) is 1. The molecule has 3 rings (SSSR count). The molecule has 0 aliphatic carbocycles. The van der Waals surface area contributed by atoms with Crippen LogP contribution in [0.2, 0.25) is 0 Å². The maximum Gasteiger partial charge on any atom is 0.237 e. The topological polar surface area (TPSA) is 61.1 Å². The summed E-state index contributed by atoms with van der Waals surface area (Å²) in [5.74, 6) is 0.0289. The van der Waals surface area contributed by atoms with E-state index in [0.717, 1.165) is 19.4 Å². The highest BCUT2D eigenvalue weighted by Crippen LogP contribution is 2.25. The molecule has 1 unspecified atom stereocenters. The summed E-state index contributed by atoms with van der Waals surface area (Å²) < 4.78 is 2.32. The third-order valence-electron chi connectivity index (χ3n) is 5.33. The number of benzene rings is 1. The Kier molecular flexibility index (Phi) is 5.10. The first-order valence-electron chi connectivity index (χ1n) is 8.99. The molecular formula is C20H26N4O. The number of nitrogens with zero attached hydrogens (tertiary/aromatic N) is 3. The maximum atomic E-state index is 12.4. The van der Waals surface area contributed by atoms with Gasteiger partial charge in [-0.25, -0.2) is 0 Å². The van der Waals surface area contributed by atoms with Crippen LogP contribution in [0.5, 0.6) is 0 Å². The number of nitrogens with one attached hydrogen (secondary N) is 1. The fraction of sp³-hybridized carbons (Fsp3) is 0.500. The Bertz CT molecular complexity index is 817. The zero-order valence-corrected chi connectivity index (χ0v) is 15.2. The van der Waals surface area contributed by atoms with Crippen molar-refractivity contribution in [1.29, 1.82) is 5.26 Å². The number of carbonyl (C=O) groups is 1. The summed E-state index contributed by atoms with van der Waals surface area (Å²) in [6.45, 7) is 8.21. The highest BCUT2D eigenvalue weighted by Gasteiger charge is 2.28. The maximum absolute atomic E-state index is 12.4. The lowest BCUT2D eigenvalue weighted by Crippen LogP contribution is -2.43. The van der Waals surface area contributed by atoms with Crippen molar-refractivity contribution in [3.05, 3.63) is 35.5 Å². The molecule has 0 spiro atoms. The first kappa shape index (κ1) is 17.5. The minimum absolute atomic E-state index is 0.0289. The predicted molar refractivity (Wildman–Crippen MR) is 99.2 cm³/mol. The molecule has 1 aliphatic heterocycles. The van der Waals surface area contributed by atoms with E-state index in [-0.39, 0.29) is 24.5 Å². The highest BCUT2D eigenvalue weighted by molar-refractivity contribution is 5.85. The second-order valence-electron chi connectivity index (χ2n) is 6.99. The van der Waals surface area contributed by atoms with Crippen LogP contribution < -0.4 is 5.32 Å². The predicted octanol–water partition coefficient (Wildman–Crippen LogP) is 2.75. The van der Waals surface area contributed by atoms with Gasteiger partial charge in [0.1, 0.15) is 6.04 Å². The summed E-state index contributed by atoms with van der Waals surface area (Å²) in [6.07, 6.45) is 1.72. The molecule has 1 N–H and O–H groups in total. The molecule has 0 saturated carbocycles. The molecule has 5 heteroatoms. The third-order valence-corrected chi connectivity index (χ3v) is 5.33. The van der Waals surface area contributed by atoms with Crippen molar-refractivity contribution in [2.45, 2.75) is 52.2 Å². The summed E-state index contributed by atoms with van der Waals surface area (Å²) in [6, 6.07) is 10.6. The van der Waals surface area contributed by atoms with Gasteiger partial charge in [0.05, 0.1) is 12.6 Å². The van der Waals surface area contributed by atoms with Crippen LogP contribution in [-0.2, 0) is 11.3 Å². The van der Waals surface area contributed by atoms with Gasteiger partial charge in [0, 0.05) is 35.7 Å². The Hall–Kier alpha value is -2.32. The molecule has 132 valence electrons. The fourth-order valence-electron chi connectivity index (χ4n) is 3.74. The van der Waals surface area contributed by atoms with E-state index in [4.69, 9.17) is 5.26 Å². The van der Waals surface area contributed by atoms with E-state index in [1.165, 1.54) is 22.2 Å². The minimum atomic E-state index is -0.247. The lowest BCUT2D eigenvalue weighted by molar-refractivity contribution is -0.130. The van der Waals surface area contributed by atoms with Crippen LogP contribution in [-0.4, -0.2) is 40.5 Å². The van der Waals surface area contributed by atoms with Crippen molar-refractivity contribution in [2.24, 2.45) is 0 Å². The molecule has 25 heavy (non-hydrogen) atoms. The van der Waals surface area contributed by atoms with Gasteiger partial charge in [0.15, 0.2) is 0 Å². The van der Waals surface area contributed by atoms with Crippen molar-refractivity contribution >= 4 is 16.8 Å². The van der Waals surface area contributed by atoms with Crippen molar-refractivity contribution < 1.29 is 4.79 Å². The molecule has 1 fully saturated rings. The molecule has 1 aliphatic rings. The van der Waals surface area contributed by atoms with E-state index in [1.54, 1.807) is 4.90 Å². The van der Waals surface area contributed by atoms with Crippen molar-refractivity contribution in [2.75, 3.05) is 13.1 Å². The van der Waals surface area contributed by atoms with Crippen LogP contribution in [0.25, 0.3) is 10.9 Å². The number of aryl methyl sites for hydroxylation is 1. The smallest absolute Gasteiger partial charge is 0.237 e. The van der Waals surface area contributed by atoms with Crippen LogP contribution in [0, 0.1) is 25.2 Å². The monoisotopic (exact) mass is 338 g/mol. The van der Waals surface area contributed by atoms with E-state index >= 15 is 0 Å². The molecule has 0 bridgehead atoms. The molecule has 1 saturated heterocycles. The Morgan fingerprint density at radius 1 is 1.40 bits per heavy atom. The lowest BCUT2D eigenvalue weighted by atomic mass is 10.2. The van der Waals surface area contributed by atoms with Gasteiger partial charge in [-0.15, -0.1) is 0 Å². The van der Waals surface area contributed by atoms with Gasteiger partial charge >= 0.3 is 0 Å². The number of amides is 1. The van der Waals surface area contributed by atoms with Crippen LogP contribution in [0.15, 0.2) is 24.3 Å². The average Bonchev–Trinajstić information content (AvgIpc) is 3.19. The average molecular weight is 338 g/mol. The molecule has 2 aromatic rings. The van der Waals surface area contributed by atoms with Crippen molar-refractivity contribution in [1.82, 2.24) is 14.8 Å². The zero-order valence-electron chi connectivity index (χ0n) is 15.2. The van der Waals surface area contributed by atoms with Gasteiger partial charge in [-0.3, -0.25) is 4.79 Å². The lowest BCUT2D eigenvalue weighted by Gasteiger charge is -2.22. The molecule has 1 aromatic heterocycles. The van der Waals surface area contributed by atoms with Gasteiger partial charge in [-0.2, -0.15) is 5.26 Å². The minimum Gasteiger partial charge on any atom is -0.343 e. The normalized spacial score (nSPS) is 18.5. The van der Waals surface area contributed by atoms with Crippen LogP contribution in [0.3, 0.4) is 0 Å². The Balaban J connectivity index is 1.64. The van der Waals surface area contributed by atoms with Crippen LogP contribution in [0.1, 0.15) is 31.0 Å². The van der Waals surface area contributed by atoms with Gasteiger partial charge in [0.2, 0.25) is 5.91 Å². The van der Waals surface area contributed by atoms with Gasteiger partial charge in [0.25, 0.3) is 0 Å². The quantitative estimate of drug-likeness (QED) is 0.912. The van der Waals surface area contributed by atoms with E-state index in [0.29, 0.717) is 6.54 Å². The Morgan fingerprint density at radius 2 is 2.16 bits per heavy atom. The summed E-state index contributed by atoms with van der Waals surface area (Å²) in [5.41, 5.74) is 3.82. The zero-order chi connectivity index (χ0) is 18.0. The fourth-order valence-corrected chi connectivity index (χ4v) is 3.74. The number of hydrogen-bond donors (Lipinski definition) is 1. The van der Waals surface area contributed by atoms with E-state index in [1.807, 2.05) is 0 Å². The molecule has 5 nitrogen and oxygen atoms in total. The van der Waals surface area contributed by atoms with Crippen molar-refractivity contribution in [3.8, 4) is 6.07 Å². The summed E-state index contributed by atoms with van der Waals surface area (Å²) in [7, 11) is 0. The SMILES string of the molecule is Cc1c(C)n(CC(C)NCC(=O)N2CCC[C@H]2C#N)c2ccccc12. The Labute approximate surface area is 149 Å². The van der Waals surface area contributed by atoms with Gasteiger partial charge in [-0.1, -0.05) is 18.2 Å². The number of nitriles is 1. The first-order chi connectivity index (χ1) is 12.0. The van der Waals surface area contributed by atoms with Crippen molar-refractivity contribution in [3.63, 3.8) is 0 Å². The Morgan fingerprint density at radius 3 is 2.92 bits per heavy atom. The standard InChI is InChI=1S/C20H26N4O/c1-14(22-12-20(25)23-10-6-7-17(23)11-21)13-24-16(3)15(2)18-8-4-5-9-19(18)24/h4-5,8-9,14,17,22H,6-7,10,12-13H2,1-3H3/t14?,17-/m0/s1.